The third-order valence-corrected chi connectivity index (χ3v) is 4.18. The Bertz CT molecular complexity index is 322. The van der Waals surface area contributed by atoms with Gasteiger partial charge in [-0.2, -0.15) is 0 Å². The Kier molecular flexibility index (Phi) is 2.96. The third-order valence-electron chi connectivity index (χ3n) is 4.18. The number of hydrogen-bond donors (Lipinski definition) is 3. The summed E-state index contributed by atoms with van der Waals surface area (Å²) in [5.74, 6) is -0.900. The van der Waals surface area contributed by atoms with Gasteiger partial charge in [0.25, 0.3) is 0 Å². The second-order valence-electron chi connectivity index (χ2n) is 5.89. The molecule has 17 heavy (non-hydrogen) atoms. The van der Waals surface area contributed by atoms with Crippen molar-refractivity contribution in [2.75, 3.05) is 19.7 Å². The van der Waals surface area contributed by atoms with Gasteiger partial charge < -0.3 is 20.3 Å². The van der Waals surface area contributed by atoms with Crippen molar-refractivity contribution < 1.29 is 19.7 Å². The standard InChI is InChI=1S/C12H21NO4/c1-10(2)7-12(16,8-17-10)11(9(14)15)3-5-13-6-4-11/h13,16H,3-8H2,1-2H3,(H,14,15). The minimum Gasteiger partial charge on any atom is -0.481 e. The fraction of sp³-hybridized carbons (Fsp3) is 0.917. The SMILES string of the molecule is CC1(C)CC(O)(C2(C(=O)O)CCNCC2)CO1. The molecule has 0 aliphatic carbocycles. The summed E-state index contributed by atoms with van der Waals surface area (Å²) in [5.41, 5.74) is -2.75. The fourth-order valence-corrected chi connectivity index (χ4v) is 3.16. The number of carboxylic acid groups (broad SMARTS) is 1. The molecule has 0 aromatic rings. The van der Waals surface area contributed by atoms with Crippen LogP contribution in [0.15, 0.2) is 0 Å². The number of carboxylic acids is 1. The molecule has 1 atom stereocenters. The van der Waals surface area contributed by atoms with Crippen LogP contribution in [0.3, 0.4) is 0 Å². The summed E-state index contributed by atoms with van der Waals surface area (Å²) in [4.78, 5) is 11.6. The number of aliphatic carboxylic acids is 1. The molecule has 0 radical (unpaired) electrons. The van der Waals surface area contributed by atoms with Crippen LogP contribution in [0.2, 0.25) is 0 Å². The van der Waals surface area contributed by atoms with E-state index in [0.717, 1.165) is 0 Å². The van der Waals surface area contributed by atoms with Gasteiger partial charge in [-0.1, -0.05) is 0 Å². The lowest BCUT2D eigenvalue weighted by Gasteiger charge is -2.44. The molecule has 5 heteroatoms. The molecule has 0 aromatic carbocycles. The topological polar surface area (TPSA) is 78.8 Å². The van der Waals surface area contributed by atoms with E-state index >= 15 is 0 Å². The van der Waals surface area contributed by atoms with E-state index in [1.165, 1.54) is 0 Å². The summed E-state index contributed by atoms with van der Waals surface area (Å²) < 4.78 is 5.55. The zero-order valence-electron chi connectivity index (χ0n) is 10.5. The molecule has 0 spiro atoms. The van der Waals surface area contributed by atoms with Crippen LogP contribution in [0.1, 0.15) is 33.1 Å². The van der Waals surface area contributed by atoms with Crippen LogP contribution >= 0.6 is 0 Å². The zero-order valence-corrected chi connectivity index (χ0v) is 10.5. The molecule has 2 heterocycles. The van der Waals surface area contributed by atoms with E-state index in [1.54, 1.807) is 0 Å². The van der Waals surface area contributed by atoms with Gasteiger partial charge in [0, 0.05) is 6.42 Å². The Labute approximate surface area is 101 Å². The Morgan fingerprint density at radius 3 is 2.29 bits per heavy atom. The number of nitrogens with one attached hydrogen (secondary N) is 1. The molecule has 0 saturated carbocycles. The highest BCUT2D eigenvalue weighted by Gasteiger charge is 2.61. The Balaban J connectivity index is 2.30. The predicted molar refractivity (Wildman–Crippen MR) is 61.8 cm³/mol. The maximum absolute atomic E-state index is 11.6. The Hall–Kier alpha value is -0.650. The van der Waals surface area contributed by atoms with Gasteiger partial charge in [-0.3, -0.25) is 4.79 Å². The number of hydrogen-bond acceptors (Lipinski definition) is 4. The van der Waals surface area contributed by atoms with Crippen LogP contribution in [0.4, 0.5) is 0 Å². The van der Waals surface area contributed by atoms with E-state index in [2.05, 4.69) is 5.32 Å². The molecular formula is C12H21NO4. The highest BCUT2D eigenvalue weighted by atomic mass is 16.5. The van der Waals surface area contributed by atoms with E-state index in [9.17, 15) is 15.0 Å². The monoisotopic (exact) mass is 243 g/mol. The van der Waals surface area contributed by atoms with Crippen LogP contribution in [-0.4, -0.2) is 47.1 Å². The van der Waals surface area contributed by atoms with Gasteiger partial charge in [0.05, 0.1) is 12.2 Å². The lowest BCUT2D eigenvalue weighted by molar-refractivity contribution is -0.174. The minimum atomic E-state index is -1.25. The molecule has 0 aromatic heterocycles. The third kappa shape index (κ3) is 1.96. The minimum absolute atomic E-state index is 0.117. The second kappa shape index (κ2) is 3.93. The van der Waals surface area contributed by atoms with Crippen molar-refractivity contribution >= 4 is 5.97 Å². The first-order valence-corrected chi connectivity index (χ1v) is 6.12. The van der Waals surface area contributed by atoms with Crippen molar-refractivity contribution in [3.05, 3.63) is 0 Å². The summed E-state index contributed by atoms with van der Waals surface area (Å²) in [6.45, 7) is 5.17. The summed E-state index contributed by atoms with van der Waals surface area (Å²) in [6.07, 6.45) is 1.29. The van der Waals surface area contributed by atoms with E-state index in [4.69, 9.17) is 4.74 Å². The average molecular weight is 243 g/mol. The maximum atomic E-state index is 11.6. The van der Waals surface area contributed by atoms with E-state index in [-0.39, 0.29) is 6.61 Å². The van der Waals surface area contributed by atoms with Gasteiger partial charge in [0.15, 0.2) is 0 Å². The number of aliphatic hydroxyl groups is 1. The van der Waals surface area contributed by atoms with Crippen molar-refractivity contribution in [3.63, 3.8) is 0 Å². The van der Waals surface area contributed by atoms with Gasteiger partial charge >= 0.3 is 5.97 Å². The summed E-state index contributed by atoms with van der Waals surface area (Å²) in [5, 5.41) is 23.4. The van der Waals surface area contributed by atoms with Crippen molar-refractivity contribution in [2.45, 2.75) is 44.3 Å². The predicted octanol–water partition coefficient (Wildman–Crippen LogP) is 0.371. The molecule has 1 unspecified atom stereocenters. The molecule has 5 nitrogen and oxygen atoms in total. The Morgan fingerprint density at radius 2 is 1.88 bits per heavy atom. The molecule has 2 aliphatic rings. The van der Waals surface area contributed by atoms with Gasteiger partial charge in [-0.25, -0.2) is 0 Å². The fourth-order valence-electron chi connectivity index (χ4n) is 3.16. The molecule has 2 aliphatic heterocycles. The van der Waals surface area contributed by atoms with E-state index in [1.807, 2.05) is 13.8 Å². The summed E-state index contributed by atoms with van der Waals surface area (Å²) >= 11 is 0. The van der Waals surface area contributed by atoms with Crippen LogP contribution in [0.25, 0.3) is 0 Å². The van der Waals surface area contributed by atoms with Crippen molar-refractivity contribution in [3.8, 4) is 0 Å². The lowest BCUT2D eigenvalue weighted by Crippen LogP contribution is -2.58. The van der Waals surface area contributed by atoms with Gasteiger partial charge in [-0.05, 0) is 39.8 Å². The Morgan fingerprint density at radius 1 is 1.29 bits per heavy atom. The maximum Gasteiger partial charge on any atom is 0.312 e. The van der Waals surface area contributed by atoms with Crippen LogP contribution in [-0.2, 0) is 9.53 Å². The van der Waals surface area contributed by atoms with Crippen molar-refractivity contribution in [1.82, 2.24) is 5.32 Å². The average Bonchev–Trinajstić information content (AvgIpc) is 2.55. The highest BCUT2D eigenvalue weighted by molar-refractivity contribution is 5.76. The lowest BCUT2D eigenvalue weighted by atomic mass is 9.64. The number of piperidine rings is 1. The molecular weight excluding hydrogens is 222 g/mol. The quantitative estimate of drug-likeness (QED) is 0.653. The van der Waals surface area contributed by atoms with Gasteiger partial charge in [0.1, 0.15) is 11.0 Å². The van der Waals surface area contributed by atoms with Crippen molar-refractivity contribution in [2.24, 2.45) is 5.41 Å². The highest BCUT2D eigenvalue weighted by Crippen LogP contribution is 2.49. The molecule has 98 valence electrons. The number of carbonyl (C=O) groups is 1. The molecule has 2 fully saturated rings. The normalized spacial score (nSPS) is 35.7. The number of rotatable bonds is 2. The van der Waals surface area contributed by atoms with E-state index in [0.29, 0.717) is 32.4 Å². The molecule has 2 saturated heterocycles. The molecule has 2 rings (SSSR count). The summed E-state index contributed by atoms with van der Waals surface area (Å²) in [7, 11) is 0. The van der Waals surface area contributed by atoms with Gasteiger partial charge in [-0.15, -0.1) is 0 Å². The number of ether oxygens (including phenoxy) is 1. The van der Waals surface area contributed by atoms with Crippen molar-refractivity contribution in [1.29, 1.82) is 0 Å². The zero-order chi connectivity index (χ0) is 12.7. The molecule has 0 amide bonds. The van der Waals surface area contributed by atoms with Crippen LogP contribution < -0.4 is 5.32 Å². The van der Waals surface area contributed by atoms with Crippen LogP contribution in [0, 0.1) is 5.41 Å². The van der Waals surface area contributed by atoms with E-state index < -0.39 is 22.6 Å². The van der Waals surface area contributed by atoms with Crippen LogP contribution in [0.5, 0.6) is 0 Å². The first-order chi connectivity index (χ1) is 7.81. The van der Waals surface area contributed by atoms with Gasteiger partial charge in [0.2, 0.25) is 0 Å². The first kappa shape index (κ1) is 12.8. The second-order valence-corrected chi connectivity index (χ2v) is 5.89. The molecule has 3 N–H and O–H groups in total. The smallest absolute Gasteiger partial charge is 0.312 e. The summed E-state index contributed by atoms with van der Waals surface area (Å²) in [6, 6.07) is 0. The largest absolute Gasteiger partial charge is 0.481 e. The molecule has 0 bridgehead atoms. The first-order valence-electron chi connectivity index (χ1n) is 6.12.